The molecule has 1 aromatic heterocycles. The number of rotatable bonds is 5. The highest BCUT2D eigenvalue weighted by Gasteiger charge is 2.11. The van der Waals surface area contributed by atoms with Crippen molar-refractivity contribution in [3.8, 4) is 0 Å². The molecule has 1 aliphatic heterocycles. The van der Waals surface area contributed by atoms with Crippen LogP contribution in [0.1, 0.15) is 37.8 Å². The Kier molecular flexibility index (Phi) is 4.36. The lowest BCUT2D eigenvalue weighted by Crippen LogP contribution is -2.41. The van der Waals surface area contributed by atoms with Gasteiger partial charge in [0, 0.05) is 19.0 Å². The van der Waals surface area contributed by atoms with Crippen molar-refractivity contribution >= 4 is 0 Å². The van der Waals surface area contributed by atoms with E-state index in [1.807, 2.05) is 6.20 Å². The smallest absolute Gasteiger partial charge is 0.208 e. The van der Waals surface area contributed by atoms with Crippen LogP contribution in [0.4, 0.5) is 0 Å². The predicted molar refractivity (Wildman–Crippen MR) is 63.2 cm³/mol. The molecule has 2 heterocycles. The van der Waals surface area contributed by atoms with Crippen LogP contribution in [0, 0.1) is 0 Å². The maximum absolute atomic E-state index is 5.53. The minimum absolute atomic E-state index is 0.620. The van der Waals surface area contributed by atoms with E-state index >= 15 is 0 Å². The van der Waals surface area contributed by atoms with Crippen LogP contribution in [0.2, 0.25) is 0 Å². The van der Waals surface area contributed by atoms with Crippen molar-refractivity contribution in [1.82, 2.24) is 15.6 Å². The summed E-state index contributed by atoms with van der Waals surface area (Å²) < 4.78 is 5.53. The van der Waals surface area contributed by atoms with E-state index in [0.29, 0.717) is 6.04 Å². The van der Waals surface area contributed by atoms with Gasteiger partial charge in [-0.05, 0) is 19.4 Å². The number of nitrogens with zero attached hydrogens (tertiary/aromatic N) is 1. The fraction of sp³-hybridized carbons (Fsp3) is 0.750. The summed E-state index contributed by atoms with van der Waals surface area (Å²) in [5.74, 6) is 1.76. The standard InChI is InChI=1S/C12H21N3O/c1-2-11-8-15-12(16-11)9-13-7-10-5-3-4-6-14-10/h8,10,13-14H,2-7,9H2,1H3. The van der Waals surface area contributed by atoms with E-state index in [-0.39, 0.29) is 0 Å². The van der Waals surface area contributed by atoms with Crippen LogP contribution >= 0.6 is 0 Å². The maximum Gasteiger partial charge on any atom is 0.208 e. The van der Waals surface area contributed by atoms with Crippen molar-refractivity contribution in [1.29, 1.82) is 0 Å². The minimum atomic E-state index is 0.620. The van der Waals surface area contributed by atoms with E-state index in [4.69, 9.17) is 4.42 Å². The summed E-state index contributed by atoms with van der Waals surface area (Å²) in [6.07, 6.45) is 6.67. The summed E-state index contributed by atoms with van der Waals surface area (Å²) in [5.41, 5.74) is 0. The number of oxazole rings is 1. The number of piperidine rings is 1. The second-order valence-corrected chi connectivity index (χ2v) is 4.35. The van der Waals surface area contributed by atoms with Gasteiger partial charge in [0.05, 0.1) is 12.7 Å². The highest BCUT2D eigenvalue weighted by molar-refractivity contribution is 4.93. The second-order valence-electron chi connectivity index (χ2n) is 4.35. The van der Waals surface area contributed by atoms with Crippen LogP contribution in [0.3, 0.4) is 0 Å². The molecule has 1 unspecified atom stereocenters. The molecule has 0 aromatic carbocycles. The summed E-state index contributed by atoms with van der Waals surface area (Å²) in [6, 6.07) is 0.620. The molecule has 0 saturated carbocycles. The van der Waals surface area contributed by atoms with Crippen molar-refractivity contribution in [3.05, 3.63) is 17.8 Å². The second kappa shape index (κ2) is 6.01. The van der Waals surface area contributed by atoms with Crippen LogP contribution < -0.4 is 10.6 Å². The fourth-order valence-corrected chi connectivity index (χ4v) is 2.04. The molecule has 0 aliphatic carbocycles. The molecule has 1 aromatic rings. The Hall–Kier alpha value is -0.870. The van der Waals surface area contributed by atoms with E-state index in [9.17, 15) is 0 Å². The number of hydrogen-bond acceptors (Lipinski definition) is 4. The van der Waals surface area contributed by atoms with Gasteiger partial charge in [-0.2, -0.15) is 0 Å². The monoisotopic (exact) mass is 223 g/mol. The van der Waals surface area contributed by atoms with Crippen LogP contribution in [0.5, 0.6) is 0 Å². The molecule has 0 radical (unpaired) electrons. The van der Waals surface area contributed by atoms with Gasteiger partial charge < -0.3 is 15.1 Å². The summed E-state index contributed by atoms with van der Waals surface area (Å²) in [4.78, 5) is 4.22. The molecule has 2 N–H and O–H groups in total. The van der Waals surface area contributed by atoms with Crippen LogP contribution in [0.15, 0.2) is 10.6 Å². The third-order valence-electron chi connectivity index (χ3n) is 3.03. The predicted octanol–water partition coefficient (Wildman–Crippen LogP) is 1.47. The molecular formula is C12H21N3O. The first kappa shape index (κ1) is 11.6. The molecule has 4 nitrogen and oxygen atoms in total. The van der Waals surface area contributed by atoms with E-state index in [0.717, 1.165) is 37.7 Å². The van der Waals surface area contributed by atoms with Gasteiger partial charge in [-0.15, -0.1) is 0 Å². The Bertz CT molecular complexity index is 305. The minimum Gasteiger partial charge on any atom is -0.444 e. The van der Waals surface area contributed by atoms with Gasteiger partial charge in [0.2, 0.25) is 5.89 Å². The molecule has 2 rings (SSSR count). The first-order chi connectivity index (χ1) is 7.88. The fourth-order valence-electron chi connectivity index (χ4n) is 2.04. The molecule has 4 heteroatoms. The molecular weight excluding hydrogens is 202 g/mol. The van der Waals surface area contributed by atoms with Crippen molar-refractivity contribution in [2.24, 2.45) is 0 Å². The van der Waals surface area contributed by atoms with Crippen LogP contribution in [-0.4, -0.2) is 24.1 Å². The lowest BCUT2D eigenvalue weighted by Gasteiger charge is -2.23. The van der Waals surface area contributed by atoms with Crippen molar-refractivity contribution in [3.63, 3.8) is 0 Å². The van der Waals surface area contributed by atoms with Gasteiger partial charge in [-0.3, -0.25) is 0 Å². The SMILES string of the molecule is CCc1cnc(CNCC2CCCCN2)o1. The number of hydrogen-bond donors (Lipinski definition) is 2. The summed E-state index contributed by atoms with van der Waals surface area (Å²) >= 11 is 0. The van der Waals surface area contributed by atoms with Gasteiger partial charge in [-0.1, -0.05) is 13.3 Å². The zero-order chi connectivity index (χ0) is 11.2. The number of aromatic nitrogens is 1. The van der Waals surface area contributed by atoms with Gasteiger partial charge in [0.25, 0.3) is 0 Å². The van der Waals surface area contributed by atoms with Crippen molar-refractivity contribution < 1.29 is 4.42 Å². The Morgan fingerprint density at radius 2 is 2.50 bits per heavy atom. The zero-order valence-electron chi connectivity index (χ0n) is 9.96. The van der Waals surface area contributed by atoms with E-state index in [1.165, 1.54) is 19.3 Å². The molecule has 0 spiro atoms. The number of aryl methyl sites for hydroxylation is 1. The molecule has 90 valence electrons. The normalized spacial score (nSPS) is 21.2. The summed E-state index contributed by atoms with van der Waals surface area (Å²) in [6.45, 7) is 4.97. The largest absolute Gasteiger partial charge is 0.444 e. The average Bonchev–Trinajstić information content (AvgIpc) is 2.78. The first-order valence-corrected chi connectivity index (χ1v) is 6.26. The van der Waals surface area contributed by atoms with Crippen molar-refractivity contribution in [2.45, 2.75) is 45.2 Å². The van der Waals surface area contributed by atoms with Gasteiger partial charge in [0.1, 0.15) is 5.76 Å². The third kappa shape index (κ3) is 3.32. The Balaban J connectivity index is 1.66. The van der Waals surface area contributed by atoms with E-state index < -0.39 is 0 Å². The lowest BCUT2D eigenvalue weighted by atomic mass is 10.1. The Labute approximate surface area is 96.8 Å². The quantitative estimate of drug-likeness (QED) is 0.793. The van der Waals surface area contributed by atoms with E-state index in [2.05, 4.69) is 22.5 Å². The molecule has 16 heavy (non-hydrogen) atoms. The molecule has 1 aliphatic rings. The van der Waals surface area contributed by atoms with E-state index in [1.54, 1.807) is 0 Å². The van der Waals surface area contributed by atoms with Gasteiger partial charge in [-0.25, -0.2) is 4.98 Å². The average molecular weight is 223 g/mol. The third-order valence-corrected chi connectivity index (χ3v) is 3.03. The Morgan fingerprint density at radius 3 is 3.19 bits per heavy atom. The lowest BCUT2D eigenvalue weighted by molar-refractivity contribution is 0.370. The highest BCUT2D eigenvalue weighted by atomic mass is 16.4. The number of nitrogens with one attached hydrogen (secondary N) is 2. The molecule has 1 atom stereocenters. The van der Waals surface area contributed by atoms with Gasteiger partial charge in [0.15, 0.2) is 0 Å². The van der Waals surface area contributed by atoms with Crippen molar-refractivity contribution in [2.75, 3.05) is 13.1 Å². The summed E-state index contributed by atoms with van der Waals surface area (Å²) in [7, 11) is 0. The molecule has 1 fully saturated rings. The maximum atomic E-state index is 5.53. The topological polar surface area (TPSA) is 50.1 Å². The van der Waals surface area contributed by atoms with Crippen LogP contribution in [-0.2, 0) is 13.0 Å². The molecule has 0 bridgehead atoms. The zero-order valence-corrected chi connectivity index (χ0v) is 9.96. The summed E-state index contributed by atoms with van der Waals surface area (Å²) in [5, 5.41) is 6.90. The van der Waals surface area contributed by atoms with Gasteiger partial charge >= 0.3 is 0 Å². The van der Waals surface area contributed by atoms with Crippen LogP contribution in [0.25, 0.3) is 0 Å². The molecule has 1 saturated heterocycles. The molecule has 0 amide bonds. The highest BCUT2D eigenvalue weighted by Crippen LogP contribution is 2.07. The Morgan fingerprint density at radius 1 is 1.56 bits per heavy atom. The first-order valence-electron chi connectivity index (χ1n) is 6.26.